The Kier molecular flexibility index (Phi) is 4.61. The predicted molar refractivity (Wildman–Crippen MR) is 80.0 cm³/mol. The Balaban J connectivity index is 2.14. The van der Waals surface area contributed by atoms with Crippen molar-refractivity contribution in [2.45, 2.75) is 13.0 Å². The van der Waals surface area contributed by atoms with Crippen molar-refractivity contribution < 1.29 is 9.53 Å². The Hall–Kier alpha value is -1.32. The number of carbonyl (C=O) groups is 1. The fourth-order valence-electron chi connectivity index (χ4n) is 1.66. The number of ketones is 1. The van der Waals surface area contributed by atoms with Crippen molar-refractivity contribution in [2.24, 2.45) is 0 Å². The zero-order chi connectivity index (χ0) is 13.8. The van der Waals surface area contributed by atoms with Crippen LogP contribution in [0.1, 0.15) is 17.3 Å². The van der Waals surface area contributed by atoms with Crippen LogP contribution in [0, 0.1) is 0 Å². The second-order valence-corrected chi connectivity index (χ2v) is 5.36. The first-order valence-electron chi connectivity index (χ1n) is 5.79. The lowest BCUT2D eigenvalue weighted by Gasteiger charge is -2.14. The van der Waals surface area contributed by atoms with Crippen LogP contribution in [0.25, 0.3) is 0 Å². The van der Waals surface area contributed by atoms with Crippen LogP contribution in [0.3, 0.4) is 0 Å². The molecule has 0 aliphatic rings. The van der Waals surface area contributed by atoms with Crippen molar-refractivity contribution in [2.75, 3.05) is 0 Å². The number of halogens is 2. The number of ether oxygens (including phenoxy) is 1. The van der Waals surface area contributed by atoms with E-state index in [2.05, 4.69) is 15.9 Å². The van der Waals surface area contributed by atoms with E-state index < -0.39 is 6.10 Å². The molecule has 0 unspecified atom stereocenters. The number of Topliss-reactive ketones (excluding diaryl/α,β-unsaturated/α-hetero) is 1. The van der Waals surface area contributed by atoms with Gasteiger partial charge < -0.3 is 4.74 Å². The van der Waals surface area contributed by atoms with E-state index in [0.29, 0.717) is 16.3 Å². The number of benzene rings is 2. The fraction of sp³-hybridized carbons (Fsp3) is 0.133. The van der Waals surface area contributed by atoms with Crippen molar-refractivity contribution in [1.29, 1.82) is 0 Å². The molecule has 0 heterocycles. The minimum atomic E-state index is -0.572. The van der Waals surface area contributed by atoms with Gasteiger partial charge in [-0.15, -0.1) is 0 Å². The highest BCUT2D eigenvalue weighted by Gasteiger charge is 2.17. The van der Waals surface area contributed by atoms with E-state index in [4.69, 9.17) is 16.3 Å². The van der Waals surface area contributed by atoms with Gasteiger partial charge in [0.25, 0.3) is 0 Å². The molecule has 0 fully saturated rings. The van der Waals surface area contributed by atoms with E-state index in [-0.39, 0.29) is 5.78 Å². The Morgan fingerprint density at radius 1 is 1.21 bits per heavy atom. The van der Waals surface area contributed by atoms with E-state index >= 15 is 0 Å². The highest BCUT2D eigenvalue weighted by Crippen LogP contribution is 2.25. The van der Waals surface area contributed by atoms with Crippen LogP contribution in [0.15, 0.2) is 53.0 Å². The van der Waals surface area contributed by atoms with E-state index in [1.165, 1.54) is 0 Å². The smallest absolute Gasteiger partial charge is 0.203 e. The minimum absolute atomic E-state index is 0.0988. The summed E-state index contributed by atoms with van der Waals surface area (Å²) in [4.78, 5) is 12.2. The molecule has 0 radical (unpaired) electrons. The number of hydrogen-bond acceptors (Lipinski definition) is 2. The SMILES string of the molecule is C[C@@H](Oc1ccccc1Br)C(=O)c1cccc(Cl)c1. The molecule has 0 aromatic heterocycles. The predicted octanol–water partition coefficient (Wildman–Crippen LogP) is 4.75. The molecule has 0 spiro atoms. The Morgan fingerprint density at radius 3 is 2.63 bits per heavy atom. The van der Waals surface area contributed by atoms with Gasteiger partial charge in [0.05, 0.1) is 4.47 Å². The first-order chi connectivity index (χ1) is 9.08. The Labute approximate surface area is 125 Å². The average molecular weight is 340 g/mol. The van der Waals surface area contributed by atoms with E-state index in [0.717, 1.165) is 4.47 Å². The molecule has 0 bridgehead atoms. The number of carbonyl (C=O) groups excluding carboxylic acids is 1. The van der Waals surface area contributed by atoms with Crippen molar-refractivity contribution in [3.63, 3.8) is 0 Å². The molecule has 4 heteroatoms. The highest BCUT2D eigenvalue weighted by atomic mass is 79.9. The number of rotatable bonds is 4. The standard InChI is InChI=1S/C15H12BrClO2/c1-10(19-14-8-3-2-7-13(14)16)15(18)11-5-4-6-12(17)9-11/h2-10H,1H3/t10-/m1/s1. The van der Waals surface area contributed by atoms with Gasteiger partial charge in [-0.25, -0.2) is 0 Å². The van der Waals surface area contributed by atoms with Crippen molar-refractivity contribution in [3.05, 3.63) is 63.6 Å². The summed E-state index contributed by atoms with van der Waals surface area (Å²) in [5.74, 6) is 0.545. The van der Waals surface area contributed by atoms with Crippen LogP contribution in [-0.2, 0) is 0 Å². The van der Waals surface area contributed by atoms with E-state index in [1.54, 1.807) is 31.2 Å². The van der Waals surface area contributed by atoms with Gasteiger partial charge in [-0.2, -0.15) is 0 Å². The molecule has 1 atom stereocenters. The van der Waals surface area contributed by atoms with Crippen molar-refractivity contribution in [1.82, 2.24) is 0 Å². The lowest BCUT2D eigenvalue weighted by molar-refractivity contribution is 0.0817. The average Bonchev–Trinajstić information content (AvgIpc) is 2.40. The summed E-state index contributed by atoms with van der Waals surface area (Å²) in [6.45, 7) is 1.72. The maximum atomic E-state index is 12.2. The zero-order valence-corrected chi connectivity index (χ0v) is 12.6. The molecule has 0 N–H and O–H groups in total. The summed E-state index contributed by atoms with van der Waals surface area (Å²) in [7, 11) is 0. The normalized spacial score (nSPS) is 11.9. The number of para-hydroxylation sites is 1. The fourth-order valence-corrected chi connectivity index (χ4v) is 2.23. The molecule has 0 aliphatic heterocycles. The van der Waals surface area contributed by atoms with Crippen LogP contribution < -0.4 is 4.74 Å². The first-order valence-corrected chi connectivity index (χ1v) is 6.96. The number of hydrogen-bond donors (Lipinski definition) is 0. The van der Waals surface area contributed by atoms with Crippen LogP contribution in [-0.4, -0.2) is 11.9 Å². The van der Waals surface area contributed by atoms with Crippen LogP contribution in [0.5, 0.6) is 5.75 Å². The second-order valence-electron chi connectivity index (χ2n) is 4.07. The molecule has 2 aromatic carbocycles. The molecule has 2 nitrogen and oxygen atoms in total. The summed E-state index contributed by atoms with van der Waals surface area (Å²) in [5.41, 5.74) is 0.548. The summed E-state index contributed by atoms with van der Waals surface area (Å²) in [6, 6.07) is 14.3. The molecule has 0 amide bonds. The molecule has 98 valence electrons. The zero-order valence-electron chi connectivity index (χ0n) is 10.3. The molecule has 19 heavy (non-hydrogen) atoms. The third-order valence-electron chi connectivity index (χ3n) is 2.62. The molecular formula is C15H12BrClO2. The lowest BCUT2D eigenvalue weighted by atomic mass is 10.1. The summed E-state index contributed by atoms with van der Waals surface area (Å²) in [6.07, 6.45) is -0.572. The van der Waals surface area contributed by atoms with Gasteiger partial charge in [-0.1, -0.05) is 35.9 Å². The topological polar surface area (TPSA) is 26.3 Å². The quantitative estimate of drug-likeness (QED) is 0.751. The van der Waals surface area contributed by atoms with Crippen molar-refractivity contribution >= 4 is 33.3 Å². The molecular weight excluding hydrogens is 328 g/mol. The summed E-state index contributed by atoms with van der Waals surface area (Å²) in [5, 5.41) is 0.541. The van der Waals surface area contributed by atoms with Gasteiger partial charge in [0.1, 0.15) is 5.75 Å². The van der Waals surface area contributed by atoms with Gasteiger partial charge in [0.15, 0.2) is 6.10 Å². The van der Waals surface area contributed by atoms with Gasteiger partial charge in [0.2, 0.25) is 5.78 Å². The van der Waals surface area contributed by atoms with Gasteiger partial charge in [0, 0.05) is 10.6 Å². The van der Waals surface area contributed by atoms with E-state index in [1.807, 2.05) is 24.3 Å². The molecule has 0 aliphatic carbocycles. The molecule has 2 rings (SSSR count). The van der Waals surface area contributed by atoms with E-state index in [9.17, 15) is 4.79 Å². The Morgan fingerprint density at radius 2 is 1.95 bits per heavy atom. The monoisotopic (exact) mass is 338 g/mol. The summed E-state index contributed by atoms with van der Waals surface area (Å²) >= 11 is 9.26. The lowest BCUT2D eigenvalue weighted by Crippen LogP contribution is -2.24. The first kappa shape index (κ1) is 14.1. The van der Waals surface area contributed by atoms with Gasteiger partial charge >= 0.3 is 0 Å². The van der Waals surface area contributed by atoms with Crippen LogP contribution in [0.4, 0.5) is 0 Å². The molecule has 0 saturated carbocycles. The minimum Gasteiger partial charge on any atom is -0.481 e. The summed E-state index contributed by atoms with van der Waals surface area (Å²) < 4.78 is 6.48. The van der Waals surface area contributed by atoms with Crippen LogP contribution in [0.2, 0.25) is 5.02 Å². The molecule has 0 saturated heterocycles. The third-order valence-corrected chi connectivity index (χ3v) is 3.51. The van der Waals surface area contributed by atoms with Crippen LogP contribution >= 0.6 is 27.5 Å². The maximum Gasteiger partial charge on any atom is 0.203 e. The van der Waals surface area contributed by atoms with Gasteiger partial charge in [-0.05, 0) is 47.1 Å². The maximum absolute atomic E-state index is 12.2. The Bertz CT molecular complexity index is 598. The largest absolute Gasteiger partial charge is 0.481 e. The van der Waals surface area contributed by atoms with Gasteiger partial charge in [-0.3, -0.25) is 4.79 Å². The highest BCUT2D eigenvalue weighted by molar-refractivity contribution is 9.10. The second kappa shape index (κ2) is 6.22. The van der Waals surface area contributed by atoms with Crippen molar-refractivity contribution in [3.8, 4) is 5.75 Å². The third kappa shape index (κ3) is 3.58. The molecule has 2 aromatic rings.